The van der Waals surface area contributed by atoms with Crippen molar-refractivity contribution in [3.63, 3.8) is 0 Å². The summed E-state index contributed by atoms with van der Waals surface area (Å²) in [5.41, 5.74) is 11.1. The van der Waals surface area contributed by atoms with Crippen LogP contribution in [0.5, 0.6) is 0 Å². The molecule has 56 heavy (non-hydrogen) atoms. The van der Waals surface area contributed by atoms with Crippen LogP contribution >= 0.6 is 11.3 Å². The van der Waals surface area contributed by atoms with Crippen LogP contribution in [0.2, 0.25) is 0 Å². The molecule has 0 saturated carbocycles. The molecule has 11 rings (SSSR count). The number of para-hydroxylation sites is 2. The fourth-order valence-corrected chi connectivity index (χ4v) is 9.19. The van der Waals surface area contributed by atoms with Crippen LogP contribution in [0.15, 0.2) is 194 Å². The second kappa shape index (κ2) is 13.3. The van der Waals surface area contributed by atoms with Gasteiger partial charge in [0, 0.05) is 53.3 Å². The van der Waals surface area contributed by atoms with E-state index in [4.69, 9.17) is 15.0 Å². The minimum absolute atomic E-state index is 0.647. The summed E-state index contributed by atoms with van der Waals surface area (Å²) in [7, 11) is 0. The quantitative estimate of drug-likeness (QED) is 0.171. The number of fused-ring (bicyclic) bond motifs is 6. The molecule has 0 N–H and O–H groups in total. The van der Waals surface area contributed by atoms with Gasteiger partial charge in [0.15, 0.2) is 17.5 Å². The van der Waals surface area contributed by atoms with Gasteiger partial charge in [0.05, 0.1) is 11.0 Å². The molecule has 0 fully saturated rings. The predicted octanol–water partition coefficient (Wildman–Crippen LogP) is 13.7. The first-order valence-corrected chi connectivity index (χ1v) is 19.6. The maximum absolute atomic E-state index is 5.12. The van der Waals surface area contributed by atoms with Gasteiger partial charge in [-0.15, -0.1) is 11.3 Å². The molecule has 0 unspecified atom stereocenters. The Morgan fingerprint density at radius 2 is 0.893 bits per heavy atom. The number of hydrogen-bond acceptors (Lipinski definition) is 4. The molecule has 11 aromatic rings. The molecule has 262 valence electrons. The monoisotopic (exact) mass is 732 g/mol. The van der Waals surface area contributed by atoms with Gasteiger partial charge in [0.1, 0.15) is 0 Å². The van der Waals surface area contributed by atoms with Gasteiger partial charge in [-0.3, -0.25) is 0 Å². The maximum atomic E-state index is 5.12. The van der Waals surface area contributed by atoms with E-state index in [0.29, 0.717) is 17.5 Å². The third kappa shape index (κ3) is 5.40. The van der Waals surface area contributed by atoms with Crippen LogP contribution < -0.4 is 0 Å². The van der Waals surface area contributed by atoms with Crippen molar-refractivity contribution >= 4 is 53.3 Å². The van der Waals surface area contributed by atoms with E-state index in [1.807, 2.05) is 47.7 Å². The average molecular weight is 733 g/mol. The van der Waals surface area contributed by atoms with Gasteiger partial charge < -0.3 is 4.57 Å². The number of benzene rings is 8. The lowest BCUT2D eigenvalue weighted by atomic mass is 9.94. The summed E-state index contributed by atoms with van der Waals surface area (Å²) >= 11 is 1.84. The topological polar surface area (TPSA) is 43.6 Å². The average Bonchev–Trinajstić information content (AvgIpc) is 3.82. The SMILES string of the molecule is c1ccc(-c2nc(-c3ccccc3)nc(-c3ccccc3-c3cccc4sc5ccc(-c6ccc7c(c6)c6ccccc6n7-c6ccccc6)cc5c34)n2)cc1. The van der Waals surface area contributed by atoms with Crippen LogP contribution in [0.3, 0.4) is 0 Å². The van der Waals surface area contributed by atoms with Crippen molar-refractivity contribution in [2.75, 3.05) is 0 Å². The van der Waals surface area contributed by atoms with Crippen molar-refractivity contribution in [1.82, 2.24) is 19.5 Å². The molecule has 3 heterocycles. The van der Waals surface area contributed by atoms with Crippen molar-refractivity contribution in [2.45, 2.75) is 0 Å². The Bertz CT molecular complexity index is 3180. The van der Waals surface area contributed by atoms with Crippen molar-refractivity contribution in [3.8, 4) is 62.1 Å². The van der Waals surface area contributed by atoms with Crippen LogP contribution in [-0.4, -0.2) is 19.5 Å². The zero-order valence-corrected chi connectivity index (χ0v) is 31.0. The summed E-state index contributed by atoms with van der Waals surface area (Å²) < 4.78 is 4.87. The van der Waals surface area contributed by atoms with Crippen molar-refractivity contribution in [3.05, 3.63) is 194 Å². The first-order valence-electron chi connectivity index (χ1n) is 18.8. The van der Waals surface area contributed by atoms with E-state index in [1.165, 1.54) is 53.1 Å². The minimum Gasteiger partial charge on any atom is -0.309 e. The Morgan fingerprint density at radius 1 is 0.339 bits per heavy atom. The first kappa shape index (κ1) is 32.2. The Kier molecular flexibility index (Phi) is 7.64. The molecule has 0 aliphatic heterocycles. The molecule has 0 spiro atoms. The molecule has 0 radical (unpaired) electrons. The Balaban J connectivity index is 1.08. The lowest BCUT2D eigenvalue weighted by Gasteiger charge is -2.13. The van der Waals surface area contributed by atoms with Crippen LogP contribution in [0.4, 0.5) is 0 Å². The highest BCUT2D eigenvalue weighted by Crippen LogP contribution is 2.44. The third-order valence-corrected chi connectivity index (χ3v) is 11.8. The minimum atomic E-state index is 0.647. The number of nitrogens with zero attached hydrogens (tertiary/aromatic N) is 4. The van der Waals surface area contributed by atoms with E-state index in [1.54, 1.807) is 0 Å². The molecule has 8 aromatic carbocycles. The predicted molar refractivity (Wildman–Crippen MR) is 234 cm³/mol. The van der Waals surface area contributed by atoms with Crippen LogP contribution in [0, 0.1) is 0 Å². The number of hydrogen-bond donors (Lipinski definition) is 0. The Morgan fingerprint density at radius 3 is 1.62 bits per heavy atom. The summed E-state index contributed by atoms with van der Waals surface area (Å²) in [6.45, 7) is 0. The van der Waals surface area contributed by atoms with Gasteiger partial charge in [0.25, 0.3) is 0 Å². The second-order valence-corrected chi connectivity index (χ2v) is 15.1. The smallest absolute Gasteiger partial charge is 0.164 e. The summed E-state index contributed by atoms with van der Waals surface area (Å²) in [4.78, 5) is 15.2. The molecular formula is C51H32N4S. The largest absolute Gasteiger partial charge is 0.309 e. The normalized spacial score (nSPS) is 11.6. The highest BCUT2D eigenvalue weighted by atomic mass is 32.1. The fraction of sp³-hybridized carbons (Fsp3) is 0. The molecule has 5 heteroatoms. The van der Waals surface area contributed by atoms with Gasteiger partial charge in [-0.25, -0.2) is 15.0 Å². The van der Waals surface area contributed by atoms with Crippen LogP contribution in [0.1, 0.15) is 0 Å². The van der Waals surface area contributed by atoms with Gasteiger partial charge in [-0.2, -0.15) is 0 Å². The maximum Gasteiger partial charge on any atom is 0.164 e. The lowest BCUT2D eigenvalue weighted by Crippen LogP contribution is -2.01. The summed E-state index contributed by atoms with van der Waals surface area (Å²) in [5.74, 6) is 1.95. The van der Waals surface area contributed by atoms with Crippen LogP contribution in [-0.2, 0) is 0 Å². The number of rotatable bonds is 6. The highest BCUT2D eigenvalue weighted by molar-refractivity contribution is 7.26. The van der Waals surface area contributed by atoms with Gasteiger partial charge >= 0.3 is 0 Å². The number of aromatic nitrogens is 4. The van der Waals surface area contributed by atoms with Crippen LogP contribution in [0.25, 0.3) is 104 Å². The Hall–Kier alpha value is -7.21. The molecule has 0 aliphatic rings. The zero-order valence-electron chi connectivity index (χ0n) is 30.2. The highest BCUT2D eigenvalue weighted by Gasteiger charge is 2.19. The van der Waals surface area contributed by atoms with Crippen molar-refractivity contribution in [1.29, 1.82) is 0 Å². The third-order valence-electron chi connectivity index (χ3n) is 10.7. The Labute approximate surface area is 327 Å². The van der Waals surface area contributed by atoms with E-state index in [9.17, 15) is 0 Å². The van der Waals surface area contributed by atoms with E-state index >= 15 is 0 Å². The molecule has 0 bridgehead atoms. The van der Waals surface area contributed by atoms with Crippen molar-refractivity contribution in [2.24, 2.45) is 0 Å². The zero-order chi connectivity index (χ0) is 37.0. The van der Waals surface area contributed by atoms with Crippen molar-refractivity contribution < 1.29 is 0 Å². The lowest BCUT2D eigenvalue weighted by molar-refractivity contribution is 1.07. The second-order valence-electron chi connectivity index (χ2n) is 14.0. The molecule has 3 aromatic heterocycles. The summed E-state index contributed by atoms with van der Waals surface area (Å²) in [5, 5.41) is 4.97. The molecule has 0 saturated heterocycles. The molecule has 0 aliphatic carbocycles. The molecule has 0 atom stereocenters. The molecule has 0 amide bonds. The van der Waals surface area contributed by atoms with Gasteiger partial charge in [-0.1, -0.05) is 146 Å². The van der Waals surface area contributed by atoms with E-state index in [2.05, 4.69) is 162 Å². The van der Waals surface area contributed by atoms with Gasteiger partial charge in [-0.05, 0) is 70.8 Å². The fourth-order valence-electron chi connectivity index (χ4n) is 8.08. The first-order chi connectivity index (χ1) is 27.8. The molecular weight excluding hydrogens is 701 g/mol. The number of thiophene rings is 1. The van der Waals surface area contributed by atoms with E-state index in [0.717, 1.165) is 33.5 Å². The standard InChI is InChI=1S/C51H32N4S/c1-4-15-33(16-5-1)49-52-50(34-17-6-2-7-18-34)54-51(53-49)41-23-11-10-21-38(41)40-24-14-26-47-48(40)43-32-36(28-30-46(43)56-47)35-27-29-45-42(31-35)39-22-12-13-25-44(39)55(45)37-19-8-3-9-20-37/h1-32H. The summed E-state index contributed by atoms with van der Waals surface area (Å²) in [6.07, 6.45) is 0. The van der Waals surface area contributed by atoms with Gasteiger partial charge in [0.2, 0.25) is 0 Å². The molecule has 4 nitrogen and oxygen atoms in total. The van der Waals surface area contributed by atoms with E-state index in [-0.39, 0.29) is 0 Å². The van der Waals surface area contributed by atoms with E-state index < -0.39 is 0 Å². The summed E-state index contributed by atoms with van der Waals surface area (Å²) in [6, 6.07) is 68.6.